The highest BCUT2D eigenvalue weighted by atomic mass is 16.5. The predicted octanol–water partition coefficient (Wildman–Crippen LogP) is 0.486. The zero-order valence-corrected chi connectivity index (χ0v) is 49.2. The molecule has 0 aromatic rings. The van der Waals surface area contributed by atoms with Crippen molar-refractivity contribution in [3.63, 3.8) is 0 Å². The van der Waals surface area contributed by atoms with Crippen LogP contribution in [0, 0.1) is 29.6 Å². The van der Waals surface area contributed by atoms with Gasteiger partial charge in [0.15, 0.2) is 0 Å². The van der Waals surface area contributed by atoms with Crippen LogP contribution < -0.4 is 47.9 Å². The van der Waals surface area contributed by atoms with Gasteiger partial charge in [0.25, 0.3) is 0 Å². The van der Waals surface area contributed by atoms with Gasteiger partial charge in [-0.1, -0.05) is 121 Å². The number of cyclic esters (lactones) is 1. The molecule has 1 saturated heterocycles. The molecule has 1 aliphatic rings. The molecule has 25 heteroatoms. The summed E-state index contributed by atoms with van der Waals surface area (Å²) in [6.45, 7) is 18.3. The Kier molecular flexibility index (Phi) is 33.5. The van der Waals surface area contributed by atoms with Crippen molar-refractivity contribution in [1.29, 1.82) is 0 Å². The van der Waals surface area contributed by atoms with Crippen LogP contribution in [0.2, 0.25) is 0 Å². The Morgan fingerprint density at radius 1 is 0.575 bits per heavy atom. The van der Waals surface area contributed by atoms with Gasteiger partial charge in [-0.05, 0) is 68.6 Å². The molecular formula is C55H97N9O16. The number of carbonyl (C=O) groups is 11. The van der Waals surface area contributed by atoms with Gasteiger partial charge in [0.2, 0.25) is 53.2 Å². The number of aliphatic hydroxyl groups excluding tert-OH is 3. The molecule has 0 aromatic carbocycles. The number of carboxylic acids is 1. The summed E-state index contributed by atoms with van der Waals surface area (Å²) < 4.78 is 5.82. The smallest absolute Gasteiger partial charge is 0.329 e. The highest BCUT2D eigenvalue weighted by molar-refractivity contribution is 5.99. The normalized spacial score (nSPS) is 23.9. The van der Waals surface area contributed by atoms with E-state index in [-0.39, 0.29) is 49.9 Å². The third-order valence-electron chi connectivity index (χ3n) is 13.6. The summed E-state index contributed by atoms with van der Waals surface area (Å²) in [5.74, 6) is -13.4. The second-order valence-electron chi connectivity index (χ2n) is 22.8. The maximum atomic E-state index is 14.7. The van der Waals surface area contributed by atoms with Gasteiger partial charge >= 0.3 is 11.9 Å². The monoisotopic (exact) mass is 1140 g/mol. The van der Waals surface area contributed by atoms with E-state index in [9.17, 15) is 73.2 Å². The summed E-state index contributed by atoms with van der Waals surface area (Å²) >= 11 is 0. The molecule has 458 valence electrons. The SMILES string of the molecule is CCCCCCCC[C@H](O)CC(=O)N[C@@H](CC(C)C)C(=O)N[C@H](CCC(=O)O)C(=O)N[C@H]1C(=O)N[C@H](C(C)C)C(=O)N[C@@H](CC(C)C)C(=O)N[C@H](CO)C(=O)N[C@@H](CC(C)C)C(=O)N[C@H](CO)C(=O)N[C@@H]([C@H](C)CC)C(=O)O[C@H]1C. The van der Waals surface area contributed by atoms with Crippen LogP contribution in [0.15, 0.2) is 0 Å². The second kappa shape index (κ2) is 37.1. The van der Waals surface area contributed by atoms with Crippen molar-refractivity contribution in [3.8, 4) is 0 Å². The quantitative estimate of drug-likeness (QED) is 0.0374. The summed E-state index contributed by atoms with van der Waals surface area (Å²) in [7, 11) is 0. The number of amides is 9. The zero-order chi connectivity index (χ0) is 61.0. The lowest BCUT2D eigenvalue weighted by Gasteiger charge is -2.32. The Labute approximate surface area is 471 Å². The number of esters is 1. The minimum absolute atomic E-state index is 0.00997. The number of carboxylic acid groups (broad SMARTS) is 1. The molecule has 0 spiro atoms. The fourth-order valence-electron chi connectivity index (χ4n) is 8.79. The first kappa shape index (κ1) is 72.1. The van der Waals surface area contributed by atoms with E-state index in [1.807, 2.05) is 0 Å². The maximum absolute atomic E-state index is 14.7. The molecule has 0 radical (unpaired) electrons. The fourth-order valence-corrected chi connectivity index (χ4v) is 8.79. The summed E-state index contributed by atoms with van der Waals surface area (Å²) in [6.07, 6.45) is 2.25. The topological polar surface area (TPSA) is 386 Å². The first-order chi connectivity index (χ1) is 37.5. The number of carbonyl (C=O) groups excluding carboxylic acids is 10. The first-order valence-corrected chi connectivity index (χ1v) is 28.5. The minimum Gasteiger partial charge on any atom is -0.481 e. The number of hydrogen-bond donors (Lipinski definition) is 13. The molecule has 0 bridgehead atoms. The standard InChI is InChI=1S/C55H97N9O16/c1-13-15-16-17-18-19-20-35(67)26-42(68)56-37(23-29(3)4)48(72)57-36(21-22-43(69)70)47(71)64-46-34(12)80-55(79)45(33(11)14-2)63-52(76)41(28-66)61-49(73)38(24-30(5)6)58-51(75)40(27-65)60-50(74)39(25-31(7)8)59-53(77)44(32(9)10)62-54(46)78/h29-41,44-46,65-67H,13-28H2,1-12H3,(H,56,68)(H,57,72)(H,58,75)(H,59,77)(H,60,74)(H,61,73)(H,62,78)(H,63,76)(H,64,71)(H,69,70)/t33-,34+,35+,36-,37+,38+,39+,40-,41-,44-,45+,46-/m1/s1. The van der Waals surface area contributed by atoms with Crippen molar-refractivity contribution in [3.05, 3.63) is 0 Å². The van der Waals surface area contributed by atoms with Crippen LogP contribution >= 0.6 is 0 Å². The molecule has 0 aliphatic carbocycles. The molecular weight excluding hydrogens is 1040 g/mol. The van der Waals surface area contributed by atoms with Gasteiger partial charge < -0.3 is 73.0 Å². The lowest BCUT2D eigenvalue weighted by Crippen LogP contribution is -2.64. The van der Waals surface area contributed by atoms with E-state index in [2.05, 4.69) is 54.8 Å². The highest BCUT2D eigenvalue weighted by Crippen LogP contribution is 2.17. The third kappa shape index (κ3) is 26.5. The first-order valence-electron chi connectivity index (χ1n) is 28.5. The summed E-state index contributed by atoms with van der Waals surface area (Å²) in [4.78, 5) is 152. The predicted molar refractivity (Wildman–Crippen MR) is 295 cm³/mol. The van der Waals surface area contributed by atoms with Crippen molar-refractivity contribution in [2.75, 3.05) is 13.2 Å². The molecule has 1 fully saturated rings. The number of ether oxygens (including phenoxy) is 1. The van der Waals surface area contributed by atoms with Crippen LogP contribution in [0.5, 0.6) is 0 Å². The van der Waals surface area contributed by atoms with E-state index >= 15 is 0 Å². The van der Waals surface area contributed by atoms with Crippen molar-refractivity contribution in [2.24, 2.45) is 29.6 Å². The molecule has 12 atom stereocenters. The van der Waals surface area contributed by atoms with E-state index in [1.165, 1.54) is 6.92 Å². The lowest BCUT2D eigenvalue weighted by atomic mass is 9.98. The van der Waals surface area contributed by atoms with E-state index in [1.54, 1.807) is 69.2 Å². The number of hydrogen-bond acceptors (Lipinski definition) is 15. The van der Waals surface area contributed by atoms with Gasteiger partial charge in [0.1, 0.15) is 60.5 Å². The summed E-state index contributed by atoms with van der Waals surface area (Å²) in [5, 5.41) is 63.6. The number of rotatable bonds is 28. The number of aliphatic hydroxyl groups is 3. The Bertz CT molecular complexity index is 2040. The Balaban J connectivity index is 3.96. The molecule has 0 unspecified atom stereocenters. The zero-order valence-electron chi connectivity index (χ0n) is 49.2. The van der Waals surface area contributed by atoms with Gasteiger partial charge in [-0.2, -0.15) is 0 Å². The van der Waals surface area contributed by atoms with Gasteiger partial charge in [-0.15, -0.1) is 0 Å². The van der Waals surface area contributed by atoms with Crippen LogP contribution in [-0.2, 0) is 57.5 Å². The van der Waals surface area contributed by atoms with E-state index < -0.39 is 170 Å². The van der Waals surface area contributed by atoms with E-state index in [4.69, 9.17) is 4.74 Å². The minimum atomic E-state index is -1.95. The maximum Gasteiger partial charge on any atom is 0.329 e. The van der Waals surface area contributed by atoms with Crippen molar-refractivity contribution < 1.29 is 77.9 Å². The molecule has 1 aliphatic heterocycles. The molecule has 0 saturated carbocycles. The number of aliphatic carboxylic acids is 1. The van der Waals surface area contributed by atoms with E-state index in [0.29, 0.717) is 12.8 Å². The lowest BCUT2D eigenvalue weighted by molar-refractivity contribution is -0.158. The Hall–Kier alpha value is -5.95. The molecule has 9 amide bonds. The highest BCUT2D eigenvalue weighted by Gasteiger charge is 2.40. The Morgan fingerprint density at radius 2 is 1.06 bits per heavy atom. The third-order valence-corrected chi connectivity index (χ3v) is 13.6. The number of nitrogens with one attached hydrogen (secondary N) is 9. The summed E-state index contributed by atoms with van der Waals surface area (Å²) in [5.41, 5.74) is 0. The largest absolute Gasteiger partial charge is 0.481 e. The molecule has 13 N–H and O–H groups in total. The van der Waals surface area contributed by atoms with Crippen molar-refractivity contribution in [1.82, 2.24) is 47.9 Å². The molecule has 1 heterocycles. The van der Waals surface area contributed by atoms with Crippen LogP contribution in [0.4, 0.5) is 0 Å². The van der Waals surface area contributed by atoms with E-state index in [0.717, 1.165) is 32.1 Å². The second-order valence-corrected chi connectivity index (χ2v) is 22.8. The van der Waals surface area contributed by atoms with Gasteiger partial charge in [-0.25, -0.2) is 4.79 Å². The van der Waals surface area contributed by atoms with Crippen LogP contribution in [0.1, 0.15) is 173 Å². The molecule has 0 aromatic heterocycles. The number of unbranched alkanes of at least 4 members (excludes halogenated alkanes) is 5. The van der Waals surface area contributed by atoms with Crippen molar-refractivity contribution >= 4 is 65.1 Å². The van der Waals surface area contributed by atoms with Gasteiger partial charge in [0.05, 0.1) is 25.7 Å². The van der Waals surface area contributed by atoms with Gasteiger partial charge in [-0.3, -0.25) is 47.9 Å². The average Bonchev–Trinajstić information content (AvgIpc) is 3.36. The van der Waals surface area contributed by atoms with Crippen LogP contribution in [-0.4, -0.2) is 165 Å². The van der Waals surface area contributed by atoms with Gasteiger partial charge in [0, 0.05) is 6.42 Å². The molecule has 80 heavy (non-hydrogen) atoms. The Morgan fingerprint density at radius 3 is 1.55 bits per heavy atom. The molecule has 25 nitrogen and oxygen atoms in total. The summed E-state index contributed by atoms with van der Waals surface area (Å²) in [6, 6.07) is -14.1. The fraction of sp³-hybridized carbons (Fsp3) is 0.800. The van der Waals surface area contributed by atoms with Crippen molar-refractivity contribution in [2.45, 2.75) is 240 Å². The van der Waals surface area contributed by atoms with Crippen LogP contribution in [0.25, 0.3) is 0 Å². The average molecular weight is 1140 g/mol. The molecule has 1 rings (SSSR count). The van der Waals surface area contributed by atoms with Crippen LogP contribution in [0.3, 0.4) is 0 Å².